The summed E-state index contributed by atoms with van der Waals surface area (Å²) in [7, 11) is -1.01. The lowest BCUT2D eigenvalue weighted by molar-refractivity contribution is -0.132. The molecule has 1 fully saturated rings. The van der Waals surface area contributed by atoms with Gasteiger partial charge in [-0.05, 0) is 27.7 Å². The van der Waals surface area contributed by atoms with E-state index in [1.54, 1.807) is 27.7 Å². The summed E-state index contributed by atoms with van der Waals surface area (Å²) in [5.74, 6) is 0. The fraction of sp³-hybridized carbons (Fsp3) is 1.00. The summed E-state index contributed by atoms with van der Waals surface area (Å²) in [6.07, 6.45) is -1.51. The Bertz CT molecular complexity index is 342. The molecule has 102 valence electrons. The highest BCUT2D eigenvalue weighted by Gasteiger charge is 2.54. The average molecular weight is 268 g/mol. The predicted octanol–water partition coefficient (Wildman–Crippen LogP) is 0.865. The zero-order valence-corrected chi connectivity index (χ0v) is 11.8. The van der Waals surface area contributed by atoms with Crippen molar-refractivity contribution in [3.63, 3.8) is 0 Å². The maximum atomic E-state index is 11.4. The van der Waals surface area contributed by atoms with Crippen LogP contribution in [0.1, 0.15) is 27.7 Å². The minimum absolute atomic E-state index is 0.757. The van der Waals surface area contributed by atoms with Gasteiger partial charge in [0.2, 0.25) is 0 Å². The molecular weight excluding hydrogens is 248 g/mol. The van der Waals surface area contributed by atoms with E-state index in [9.17, 15) is 8.42 Å². The lowest BCUT2D eigenvalue weighted by Gasteiger charge is -2.37. The smallest absolute Gasteiger partial charge is 0.376 e. The Labute approximate surface area is 103 Å². The third kappa shape index (κ3) is 2.97. The first-order valence-electron chi connectivity index (χ1n) is 5.27. The number of methoxy groups -OCH3 is 2. The summed E-state index contributed by atoms with van der Waals surface area (Å²) in [5.41, 5.74) is -1.60. The summed E-state index contributed by atoms with van der Waals surface area (Å²) in [5, 5.41) is 0. The molecule has 0 aromatic carbocycles. The first kappa shape index (κ1) is 14.8. The molecule has 0 spiro atoms. The second kappa shape index (κ2) is 4.47. The van der Waals surface area contributed by atoms with Crippen LogP contribution in [0.15, 0.2) is 0 Å². The predicted molar refractivity (Wildman–Crippen MR) is 60.8 cm³/mol. The second-order valence-electron chi connectivity index (χ2n) is 5.06. The van der Waals surface area contributed by atoms with E-state index in [0.717, 1.165) is 0 Å². The largest absolute Gasteiger partial charge is 0.400 e. The van der Waals surface area contributed by atoms with Crippen molar-refractivity contribution in [1.29, 1.82) is 0 Å². The van der Waals surface area contributed by atoms with Crippen LogP contribution in [-0.4, -0.2) is 46.0 Å². The molecule has 0 radical (unpaired) electrons. The molecule has 1 aliphatic heterocycles. The van der Waals surface area contributed by atoms with E-state index >= 15 is 0 Å². The van der Waals surface area contributed by atoms with Crippen molar-refractivity contribution in [2.45, 2.75) is 51.1 Å². The van der Waals surface area contributed by atoms with Crippen molar-refractivity contribution in [1.82, 2.24) is 0 Å². The SMILES string of the molecule is COC(C)(C)[C@@H]1OS(=O)(=O)O[C@H]1C(C)(C)OC. The van der Waals surface area contributed by atoms with Crippen molar-refractivity contribution in [3.05, 3.63) is 0 Å². The molecule has 7 heteroatoms. The molecule has 1 rings (SSSR count). The Hall–Kier alpha value is -0.210. The van der Waals surface area contributed by atoms with Crippen LogP contribution < -0.4 is 0 Å². The van der Waals surface area contributed by atoms with Gasteiger partial charge < -0.3 is 9.47 Å². The van der Waals surface area contributed by atoms with Gasteiger partial charge >= 0.3 is 10.4 Å². The van der Waals surface area contributed by atoms with Gasteiger partial charge in [0.15, 0.2) is 0 Å². The Morgan fingerprint density at radius 1 is 0.882 bits per heavy atom. The van der Waals surface area contributed by atoms with E-state index in [2.05, 4.69) is 0 Å². The molecule has 1 aliphatic rings. The van der Waals surface area contributed by atoms with Gasteiger partial charge in [0.25, 0.3) is 0 Å². The molecule has 0 amide bonds. The third-order valence-electron chi connectivity index (χ3n) is 3.14. The molecular formula is C10H20O6S. The zero-order valence-electron chi connectivity index (χ0n) is 11.0. The molecule has 6 nitrogen and oxygen atoms in total. The van der Waals surface area contributed by atoms with Crippen LogP contribution in [-0.2, 0) is 28.2 Å². The van der Waals surface area contributed by atoms with Crippen LogP contribution >= 0.6 is 0 Å². The number of hydrogen-bond donors (Lipinski definition) is 0. The minimum atomic E-state index is -3.99. The molecule has 0 aromatic rings. The van der Waals surface area contributed by atoms with Gasteiger partial charge in [0.05, 0.1) is 11.2 Å². The summed E-state index contributed by atoms with van der Waals surface area (Å²) < 4.78 is 43.3. The Balaban J connectivity index is 3.10. The highest BCUT2D eigenvalue weighted by Crippen LogP contribution is 2.37. The van der Waals surface area contributed by atoms with Crippen LogP contribution in [0.25, 0.3) is 0 Å². The van der Waals surface area contributed by atoms with Crippen molar-refractivity contribution < 1.29 is 26.3 Å². The van der Waals surface area contributed by atoms with Crippen molar-refractivity contribution in [3.8, 4) is 0 Å². The standard InChI is InChI=1S/C10H20O6S/c1-9(2,13-5)7-8(10(3,4)14-6)16-17(11,12)15-7/h7-8H,1-6H3/t7-,8-/m1/s1. The lowest BCUT2D eigenvalue weighted by Crippen LogP contribution is -2.53. The second-order valence-corrected chi connectivity index (χ2v) is 6.26. The van der Waals surface area contributed by atoms with Gasteiger partial charge in [-0.3, -0.25) is 0 Å². The van der Waals surface area contributed by atoms with E-state index in [-0.39, 0.29) is 0 Å². The number of rotatable bonds is 4. The zero-order chi connectivity index (χ0) is 13.5. The molecule has 2 atom stereocenters. The summed E-state index contributed by atoms with van der Waals surface area (Å²) in [6.45, 7) is 6.95. The normalized spacial score (nSPS) is 29.5. The molecule has 0 N–H and O–H groups in total. The summed E-state index contributed by atoms with van der Waals surface area (Å²) >= 11 is 0. The monoisotopic (exact) mass is 268 g/mol. The van der Waals surface area contributed by atoms with Gasteiger partial charge in [-0.25, -0.2) is 8.37 Å². The maximum absolute atomic E-state index is 11.4. The van der Waals surface area contributed by atoms with Gasteiger partial charge in [-0.15, -0.1) is 0 Å². The Morgan fingerprint density at radius 3 is 1.41 bits per heavy atom. The van der Waals surface area contributed by atoms with Crippen LogP contribution in [0.4, 0.5) is 0 Å². The molecule has 0 aromatic heterocycles. The quantitative estimate of drug-likeness (QED) is 0.753. The van der Waals surface area contributed by atoms with Crippen LogP contribution in [0, 0.1) is 0 Å². The molecule has 0 bridgehead atoms. The molecule has 0 unspecified atom stereocenters. The summed E-state index contributed by atoms with van der Waals surface area (Å²) in [6, 6.07) is 0. The number of ether oxygens (including phenoxy) is 2. The van der Waals surface area contributed by atoms with Crippen LogP contribution in [0.3, 0.4) is 0 Å². The van der Waals surface area contributed by atoms with Crippen LogP contribution in [0.2, 0.25) is 0 Å². The fourth-order valence-corrected chi connectivity index (χ4v) is 2.79. The maximum Gasteiger partial charge on any atom is 0.400 e. The van der Waals surface area contributed by atoms with E-state index in [0.29, 0.717) is 0 Å². The third-order valence-corrected chi connectivity index (χ3v) is 4.03. The van der Waals surface area contributed by atoms with Crippen molar-refractivity contribution in [2.24, 2.45) is 0 Å². The van der Waals surface area contributed by atoms with E-state index in [1.165, 1.54) is 14.2 Å². The first-order valence-corrected chi connectivity index (χ1v) is 6.61. The lowest BCUT2D eigenvalue weighted by atomic mass is 9.87. The topological polar surface area (TPSA) is 71.1 Å². The number of hydrogen-bond acceptors (Lipinski definition) is 6. The molecule has 1 heterocycles. The van der Waals surface area contributed by atoms with E-state index < -0.39 is 33.8 Å². The Morgan fingerprint density at radius 2 is 1.18 bits per heavy atom. The first-order chi connectivity index (χ1) is 7.56. The van der Waals surface area contributed by atoms with Gasteiger partial charge in [-0.1, -0.05) is 0 Å². The fourth-order valence-electron chi connectivity index (χ4n) is 1.57. The highest BCUT2D eigenvalue weighted by atomic mass is 32.3. The average Bonchev–Trinajstić information content (AvgIpc) is 2.56. The Kier molecular flexibility index (Phi) is 3.91. The summed E-state index contributed by atoms with van der Waals surface area (Å²) in [4.78, 5) is 0. The molecule has 0 aliphatic carbocycles. The van der Waals surface area contributed by atoms with Gasteiger partial charge in [0.1, 0.15) is 12.2 Å². The van der Waals surface area contributed by atoms with Crippen LogP contribution in [0.5, 0.6) is 0 Å². The molecule has 0 saturated carbocycles. The highest BCUT2D eigenvalue weighted by molar-refractivity contribution is 7.82. The minimum Gasteiger partial charge on any atom is -0.376 e. The van der Waals surface area contributed by atoms with Crippen molar-refractivity contribution >= 4 is 10.4 Å². The van der Waals surface area contributed by atoms with Gasteiger partial charge in [-0.2, -0.15) is 8.42 Å². The van der Waals surface area contributed by atoms with Crippen molar-refractivity contribution in [2.75, 3.05) is 14.2 Å². The molecule has 17 heavy (non-hydrogen) atoms. The van der Waals surface area contributed by atoms with E-state index in [1.807, 2.05) is 0 Å². The van der Waals surface area contributed by atoms with Gasteiger partial charge in [0, 0.05) is 14.2 Å². The molecule has 1 saturated heterocycles. The van der Waals surface area contributed by atoms with E-state index in [4.69, 9.17) is 17.8 Å².